The molecule has 2 heterocycles. The second kappa shape index (κ2) is 4.65. The molecule has 0 unspecified atom stereocenters. The Balaban J connectivity index is 2.03. The lowest BCUT2D eigenvalue weighted by atomic mass is 10.1. The van der Waals surface area contributed by atoms with Crippen molar-refractivity contribution in [2.75, 3.05) is 19.0 Å². The van der Waals surface area contributed by atoms with Crippen molar-refractivity contribution in [1.82, 2.24) is 15.0 Å². The summed E-state index contributed by atoms with van der Waals surface area (Å²) in [4.78, 5) is 14.8. The standard InChI is InChI=1S/C15H14N4/c1-19(2)13-6-3-11(4-7-13)14-8-5-12-9-16-10-17-15(12)18-14/h3-10H,1-2H3. The van der Waals surface area contributed by atoms with Gasteiger partial charge in [-0.15, -0.1) is 0 Å². The van der Waals surface area contributed by atoms with E-state index in [0.29, 0.717) is 0 Å². The topological polar surface area (TPSA) is 41.9 Å². The molecule has 0 radical (unpaired) electrons. The van der Waals surface area contributed by atoms with Crippen molar-refractivity contribution >= 4 is 16.7 Å². The van der Waals surface area contributed by atoms with Gasteiger partial charge in [0.1, 0.15) is 6.33 Å². The van der Waals surface area contributed by atoms with E-state index >= 15 is 0 Å². The first-order chi connectivity index (χ1) is 9.24. The monoisotopic (exact) mass is 250 g/mol. The smallest absolute Gasteiger partial charge is 0.163 e. The van der Waals surface area contributed by atoms with Crippen LogP contribution in [0.15, 0.2) is 48.9 Å². The highest BCUT2D eigenvalue weighted by Crippen LogP contribution is 2.22. The van der Waals surface area contributed by atoms with Crippen LogP contribution in [0, 0.1) is 0 Å². The Kier molecular flexibility index (Phi) is 2.83. The van der Waals surface area contributed by atoms with Crippen LogP contribution in [0.3, 0.4) is 0 Å². The maximum atomic E-state index is 4.56. The molecule has 94 valence electrons. The van der Waals surface area contributed by atoms with Crippen LogP contribution in [0.1, 0.15) is 0 Å². The number of rotatable bonds is 2. The summed E-state index contributed by atoms with van der Waals surface area (Å²) >= 11 is 0. The molecule has 0 aliphatic carbocycles. The highest BCUT2D eigenvalue weighted by molar-refractivity contribution is 5.77. The normalized spacial score (nSPS) is 10.6. The van der Waals surface area contributed by atoms with Crippen LogP contribution in [0.5, 0.6) is 0 Å². The van der Waals surface area contributed by atoms with Gasteiger partial charge in [-0.25, -0.2) is 15.0 Å². The van der Waals surface area contributed by atoms with E-state index in [-0.39, 0.29) is 0 Å². The van der Waals surface area contributed by atoms with Crippen LogP contribution in [0.25, 0.3) is 22.3 Å². The second-order valence-corrected chi connectivity index (χ2v) is 4.57. The van der Waals surface area contributed by atoms with Gasteiger partial charge in [0.05, 0.1) is 5.69 Å². The third kappa shape index (κ3) is 2.25. The van der Waals surface area contributed by atoms with Gasteiger partial charge in [-0.2, -0.15) is 0 Å². The predicted octanol–water partition coefficient (Wildman–Crippen LogP) is 2.76. The summed E-state index contributed by atoms with van der Waals surface area (Å²) in [6.45, 7) is 0. The Morgan fingerprint density at radius 3 is 2.47 bits per heavy atom. The van der Waals surface area contributed by atoms with Crippen LogP contribution in [0.4, 0.5) is 5.69 Å². The molecule has 0 fully saturated rings. The maximum Gasteiger partial charge on any atom is 0.163 e. The lowest BCUT2D eigenvalue weighted by Gasteiger charge is -2.12. The molecule has 19 heavy (non-hydrogen) atoms. The van der Waals surface area contributed by atoms with Crippen molar-refractivity contribution in [2.45, 2.75) is 0 Å². The lowest BCUT2D eigenvalue weighted by molar-refractivity contribution is 1.13. The van der Waals surface area contributed by atoms with Gasteiger partial charge in [-0.05, 0) is 24.3 Å². The Morgan fingerprint density at radius 1 is 0.947 bits per heavy atom. The van der Waals surface area contributed by atoms with Gasteiger partial charge < -0.3 is 4.90 Å². The molecule has 2 aromatic heterocycles. The van der Waals surface area contributed by atoms with E-state index in [0.717, 1.165) is 22.3 Å². The molecule has 0 saturated carbocycles. The largest absolute Gasteiger partial charge is 0.378 e. The minimum atomic E-state index is 0.726. The molecule has 3 aromatic rings. The third-order valence-electron chi connectivity index (χ3n) is 3.05. The van der Waals surface area contributed by atoms with E-state index in [9.17, 15) is 0 Å². The Labute approximate surface area is 111 Å². The van der Waals surface area contributed by atoms with Crippen LogP contribution in [-0.2, 0) is 0 Å². The first-order valence-corrected chi connectivity index (χ1v) is 6.08. The van der Waals surface area contributed by atoms with E-state index in [4.69, 9.17) is 0 Å². The van der Waals surface area contributed by atoms with Crippen LogP contribution < -0.4 is 4.90 Å². The summed E-state index contributed by atoms with van der Waals surface area (Å²) in [6, 6.07) is 12.3. The van der Waals surface area contributed by atoms with Crippen LogP contribution >= 0.6 is 0 Å². The zero-order valence-electron chi connectivity index (χ0n) is 10.9. The van der Waals surface area contributed by atoms with Crippen molar-refractivity contribution in [3.63, 3.8) is 0 Å². The predicted molar refractivity (Wildman–Crippen MR) is 77.1 cm³/mol. The molecule has 4 nitrogen and oxygen atoms in total. The van der Waals surface area contributed by atoms with Gasteiger partial charge in [0.25, 0.3) is 0 Å². The first-order valence-electron chi connectivity index (χ1n) is 6.08. The second-order valence-electron chi connectivity index (χ2n) is 4.57. The molecule has 0 bridgehead atoms. The summed E-state index contributed by atoms with van der Waals surface area (Å²) in [5.41, 5.74) is 3.92. The fraction of sp³-hybridized carbons (Fsp3) is 0.133. The number of fused-ring (bicyclic) bond motifs is 1. The van der Waals surface area contributed by atoms with Crippen molar-refractivity contribution < 1.29 is 0 Å². The Bertz CT molecular complexity index is 705. The molecule has 0 aliphatic rings. The minimum absolute atomic E-state index is 0.726. The lowest BCUT2D eigenvalue weighted by Crippen LogP contribution is -2.07. The van der Waals surface area contributed by atoms with Gasteiger partial charge in [0.15, 0.2) is 5.65 Å². The molecule has 0 amide bonds. The third-order valence-corrected chi connectivity index (χ3v) is 3.05. The van der Waals surface area contributed by atoms with Gasteiger partial charge in [-0.3, -0.25) is 0 Å². The van der Waals surface area contributed by atoms with Crippen LogP contribution in [-0.4, -0.2) is 29.0 Å². The summed E-state index contributed by atoms with van der Waals surface area (Å²) in [6.07, 6.45) is 3.29. The number of hydrogen-bond acceptors (Lipinski definition) is 4. The number of pyridine rings is 1. The summed E-state index contributed by atoms with van der Waals surface area (Å²) in [5.74, 6) is 0. The van der Waals surface area contributed by atoms with E-state index in [2.05, 4.69) is 44.1 Å². The summed E-state index contributed by atoms with van der Waals surface area (Å²) < 4.78 is 0. The molecule has 0 aliphatic heterocycles. The van der Waals surface area contributed by atoms with Gasteiger partial charge >= 0.3 is 0 Å². The summed E-state index contributed by atoms with van der Waals surface area (Å²) in [7, 11) is 4.06. The first kappa shape index (κ1) is 11.6. The number of anilines is 1. The molecule has 1 aromatic carbocycles. The molecule has 0 saturated heterocycles. The van der Waals surface area contributed by atoms with Crippen molar-refractivity contribution in [3.8, 4) is 11.3 Å². The molecule has 4 heteroatoms. The average Bonchev–Trinajstić information content (AvgIpc) is 2.47. The molecule has 0 atom stereocenters. The number of hydrogen-bond donors (Lipinski definition) is 0. The molecular weight excluding hydrogens is 236 g/mol. The number of nitrogens with zero attached hydrogens (tertiary/aromatic N) is 4. The SMILES string of the molecule is CN(C)c1ccc(-c2ccc3cncnc3n2)cc1. The zero-order chi connectivity index (χ0) is 13.2. The fourth-order valence-electron chi connectivity index (χ4n) is 1.96. The Morgan fingerprint density at radius 2 is 1.74 bits per heavy atom. The van der Waals surface area contributed by atoms with Crippen molar-refractivity contribution in [1.29, 1.82) is 0 Å². The van der Waals surface area contributed by atoms with E-state index in [1.54, 1.807) is 6.20 Å². The molecular formula is C15H14N4. The average molecular weight is 250 g/mol. The highest BCUT2D eigenvalue weighted by Gasteiger charge is 2.03. The summed E-state index contributed by atoms with van der Waals surface area (Å²) in [5, 5.41) is 0.955. The van der Waals surface area contributed by atoms with Gasteiger partial charge in [0.2, 0.25) is 0 Å². The van der Waals surface area contributed by atoms with Crippen molar-refractivity contribution in [2.24, 2.45) is 0 Å². The number of benzene rings is 1. The fourth-order valence-corrected chi connectivity index (χ4v) is 1.96. The molecule has 0 N–H and O–H groups in total. The maximum absolute atomic E-state index is 4.56. The van der Waals surface area contributed by atoms with Crippen LogP contribution in [0.2, 0.25) is 0 Å². The van der Waals surface area contributed by atoms with Crippen molar-refractivity contribution in [3.05, 3.63) is 48.9 Å². The van der Waals surface area contributed by atoms with E-state index in [1.807, 2.05) is 26.2 Å². The quantitative estimate of drug-likeness (QED) is 0.701. The van der Waals surface area contributed by atoms with E-state index < -0.39 is 0 Å². The van der Waals surface area contributed by atoms with Gasteiger partial charge in [-0.1, -0.05) is 12.1 Å². The minimum Gasteiger partial charge on any atom is -0.378 e. The molecule has 3 rings (SSSR count). The molecule has 0 spiro atoms. The van der Waals surface area contributed by atoms with E-state index in [1.165, 1.54) is 12.0 Å². The van der Waals surface area contributed by atoms with Gasteiger partial charge in [0, 0.05) is 36.9 Å². The number of aromatic nitrogens is 3. The Hall–Kier alpha value is -2.49. The zero-order valence-corrected chi connectivity index (χ0v) is 10.9. The highest BCUT2D eigenvalue weighted by atomic mass is 15.1.